The number of hydrogen-bond donors (Lipinski definition) is 4. The van der Waals surface area contributed by atoms with Gasteiger partial charge in [0.2, 0.25) is 17.6 Å². The lowest BCUT2D eigenvalue weighted by Gasteiger charge is -2.06. The number of carbonyl (C=O) groups is 2. The Kier molecular flexibility index (Phi) is 4.09. The molecule has 0 bridgehead atoms. The van der Waals surface area contributed by atoms with Crippen molar-refractivity contribution in [3.05, 3.63) is 41.4 Å². The lowest BCUT2D eigenvalue weighted by atomic mass is 10.1. The molecule has 0 aliphatic rings. The Morgan fingerprint density at radius 3 is 2.32 bits per heavy atom. The fourth-order valence-electron chi connectivity index (χ4n) is 1.57. The molecule has 0 saturated heterocycles. The molecule has 0 unspecified atom stereocenters. The smallest absolute Gasteiger partial charge is 0.248 e. The second-order valence-corrected chi connectivity index (χ2v) is 4.08. The Hall–Kier alpha value is -3.74. The number of benzene rings is 1. The van der Waals surface area contributed by atoms with Gasteiger partial charge in [-0.3, -0.25) is 9.59 Å². The van der Waals surface area contributed by atoms with Gasteiger partial charge in [-0.05, 0) is 23.4 Å². The topological polar surface area (TPSA) is 176 Å². The fraction of sp³-hybridized carbons (Fsp3) is 0. The molecule has 0 fully saturated rings. The molecule has 110 valence electrons. The lowest BCUT2D eigenvalue weighted by molar-refractivity contribution is 0.0999. The van der Waals surface area contributed by atoms with Crippen molar-refractivity contribution in [2.75, 3.05) is 5.32 Å². The highest BCUT2D eigenvalue weighted by molar-refractivity contribution is 6.00. The average molecular weight is 298 g/mol. The molecule has 0 aliphatic carbocycles. The van der Waals surface area contributed by atoms with Gasteiger partial charge >= 0.3 is 0 Å². The number of primary amides is 2. The number of nitrogens with two attached hydrogens (primary N) is 2. The molecule has 0 spiro atoms. The number of amides is 2. The van der Waals surface area contributed by atoms with Crippen LogP contribution >= 0.6 is 0 Å². The van der Waals surface area contributed by atoms with E-state index >= 15 is 0 Å². The van der Waals surface area contributed by atoms with Crippen molar-refractivity contribution in [3.63, 3.8) is 0 Å². The second-order valence-electron chi connectivity index (χ2n) is 4.08. The molecule has 0 radical (unpaired) electrons. The van der Waals surface area contributed by atoms with Crippen LogP contribution in [0, 0.1) is 11.3 Å². The summed E-state index contributed by atoms with van der Waals surface area (Å²) >= 11 is 0. The maximum atomic E-state index is 11.3. The highest BCUT2D eigenvalue weighted by atomic mass is 16.1. The normalized spacial score (nSPS) is 10.8. The molecule has 10 nitrogen and oxygen atoms in total. The molecule has 22 heavy (non-hydrogen) atoms. The number of nitrogens with one attached hydrogen (secondary N) is 2. The van der Waals surface area contributed by atoms with Gasteiger partial charge in [-0.2, -0.15) is 10.5 Å². The molecule has 2 aromatic rings. The molecule has 0 saturated carbocycles. The lowest BCUT2D eigenvalue weighted by Crippen LogP contribution is -2.16. The molecule has 1 aromatic heterocycles. The fourth-order valence-corrected chi connectivity index (χ4v) is 1.57. The number of rotatable bonds is 5. The number of nitriles is 1. The summed E-state index contributed by atoms with van der Waals surface area (Å²) in [4.78, 5) is 22.5. The van der Waals surface area contributed by atoms with Gasteiger partial charge in [0.1, 0.15) is 11.6 Å². The van der Waals surface area contributed by atoms with E-state index in [0.29, 0.717) is 5.69 Å². The van der Waals surface area contributed by atoms with E-state index in [9.17, 15) is 9.59 Å². The third kappa shape index (κ3) is 3.23. The molecule has 2 amide bonds. The van der Waals surface area contributed by atoms with Crippen LogP contribution in [0.2, 0.25) is 0 Å². The van der Waals surface area contributed by atoms with Crippen molar-refractivity contribution in [1.82, 2.24) is 20.6 Å². The third-order valence-electron chi connectivity index (χ3n) is 2.59. The summed E-state index contributed by atoms with van der Waals surface area (Å²) in [6.07, 6.45) is 1.30. The van der Waals surface area contributed by atoms with Crippen LogP contribution in [0.4, 0.5) is 5.69 Å². The quantitative estimate of drug-likeness (QED) is 0.531. The van der Waals surface area contributed by atoms with Gasteiger partial charge in [0.25, 0.3) is 0 Å². The zero-order chi connectivity index (χ0) is 16.1. The number of hydrogen-bond acceptors (Lipinski definition) is 7. The van der Waals surface area contributed by atoms with Crippen molar-refractivity contribution in [1.29, 1.82) is 5.26 Å². The highest BCUT2D eigenvalue weighted by Crippen LogP contribution is 2.16. The first-order valence-electron chi connectivity index (χ1n) is 5.86. The number of nitrogens with zero attached hydrogens (tertiary/aromatic N) is 4. The van der Waals surface area contributed by atoms with Crippen LogP contribution in [-0.2, 0) is 0 Å². The number of aromatic nitrogens is 4. The summed E-state index contributed by atoms with van der Waals surface area (Å²) in [6, 6.07) is 5.99. The zero-order valence-electron chi connectivity index (χ0n) is 11.1. The molecule has 1 aromatic carbocycles. The third-order valence-corrected chi connectivity index (χ3v) is 2.59. The van der Waals surface area contributed by atoms with Crippen LogP contribution in [-0.4, -0.2) is 32.4 Å². The monoisotopic (exact) mass is 298 g/mol. The number of tetrazole rings is 1. The molecule has 10 heteroatoms. The number of allylic oxidation sites excluding steroid dienone is 1. The molecule has 0 aliphatic heterocycles. The first-order valence-corrected chi connectivity index (χ1v) is 5.86. The molecular weight excluding hydrogens is 288 g/mol. The van der Waals surface area contributed by atoms with Crippen molar-refractivity contribution in [2.24, 2.45) is 11.5 Å². The molecule has 2 rings (SSSR count). The van der Waals surface area contributed by atoms with Crippen molar-refractivity contribution >= 4 is 23.1 Å². The summed E-state index contributed by atoms with van der Waals surface area (Å²) in [5, 5.41) is 24.7. The molecule has 0 atom stereocenters. The summed E-state index contributed by atoms with van der Waals surface area (Å²) in [5.74, 6) is -1.33. The minimum atomic E-state index is -0.714. The molecule has 6 N–H and O–H groups in total. The van der Waals surface area contributed by atoms with E-state index in [4.69, 9.17) is 16.7 Å². The summed E-state index contributed by atoms with van der Waals surface area (Å²) in [5.41, 5.74) is 11.0. The standard InChI is InChI=1S/C12H10N8O2/c13-4-8(12-17-19-20-18-12)5-16-9-2-6(10(14)21)1-7(3-9)11(15)22/h1-3,5,16H,(H2,14,21)(H2,15,22)(H,17,18,19,20). The number of aromatic amines is 1. The predicted molar refractivity (Wildman–Crippen MR) is 74.9 cm³/mol. The summed E-state index contributed by atoms with van der Waals surface area (Å²) in [7, 11) is 0. The van der Waals surface area contributed by atoms with Crippen molar-refractivity contribution in [2.45, 2.75) is 0 Å². The maximum Gasteiger partial charge on any atom is 0.248 e. The van der Waals surface area contributed by atoms with Gasteiger partial charge in [0, 0.05) is 23.0 Å². The Labute approximate surface area is 123 Å². The number of carbonyl (C=O) groups excluding carboxylic acids is 2. The van der Waals surface area contributed by atoms with Crippen LogP contribution in [0.15, 0.2) is 24.4 Å². The van der Waals surface area contributed by atoms with E-state index in [0.717, 1.165) is 0 Å². The Balaban J connectivity index is 2.35. The van der Waals surface area contributed by atoms with E-state index in [1.165, 1.54) is 24.4 Å². The molecular formula is C12H10N8O2. The van der Waals surface area contributed by atoms with Gasteiger partial charge < -0.3 is 16.8 Å². The van der Waals surface area contributed by atoms with Crippen LogP contribution in [0.1, 0.15) is 26.5 Å². The van der Waals surface area contributed by atoms with Crippen molar-refractivity contribution < 1.29 is 9.59 Å². The van der Waals surface area contributed by atoms with Crippen LogP contribution in [0.25, 0.3) is 5.57 Å². The molecule has 1 heterocycles. The van der Waals surface area contributed by atoms with Gasteiger partial charge in [-0.15, -0.1) is 10.2 Å². The van der Waals surface area contributed by atoms with E-state index in [1.807, 2.05) is 6.07 Å². The predicted octanol–water partition coefficient (Wildman–Crippen LogP) is -0.626. The zero-order valence-corrected chi connectivity index (χ0v) is 11.1. The number of anilines is 1. The first kappa shape index (κ1) is 14.7. The first-order chi connectivity index (χ1) is 10.5. The van der Waals surface area contributed by atoms with E-state index in [-0.39, 0.29) is 22.5 Å². The minimum absolute atomic E-state index is 0.0937. The van der Waals surface area contributed by atoms with E-state index in [2.05, 4.69) is 25.9 Å². The van der Waals surface area contributed by atoms with E-state index in [1.54, 1.807) is 0 Å². The average Bonchev–Trinajstić information content (AvgIpc) is 3.01. The summed E-state index contributed by atoms with van der Waals surface area (Å²) < 4.78 is 0. The Morgan fingerprint density at radius 2 is 1.86 bits per heavy atom. The van der Waals surface area contributed by atoms with Crippen molar-refractivity contribution in [3.8, 4) is 6.07 Å². The minimum Gasteiger partial charge on any atom is -0.366 e. The Bertz CT molecular complexity index is 756. The largest absolute Gasteiger partial charge is 0.366 e. The number of H-pyrrole nitrogens is 1. The SMILES string of the molecule is N#CC(=CNc1cc(C(N)=O)cc(C(N)=O)c1)c1nn[nH]n1. The second kappa shape index (κ2) is 6.14. The van der Waals surface area contributed by atoms with Crippen LogP contribution in [0.3, 0.4) is 0 Å². The van der Waals surface area contributed by atoms with E-state index < -0.39 is 11.8 Å². The Morgan fingerprint density at radius 1 is 1.23 bits per heavy atom. The van der Waals surface area contributed by atoms with Gasteiger partial charge in [0.15, 0.2) is 0 Å². The highest BCUT2D eigenvalue weighted by Gasteiger charge is 2.10. The van der Waals surface area contributed by atoms with Crippen LogP contribution < -0.4 is 16.8 Å². The van der Waals surface area contributed by atoms with Crippen LogP contribution in [0.5, 0.6) is 0 Å². The van der Waals surface area contributed by atoms with Gasteiger partial charge in [0.05, 0.1) is 0 Å². The maximum absolute atomic E-state index is 11.3. The summed E-state index contributed by atoms with van der Waals surface area (Å²) in [6.45, 7) is 0. The van der Waals surface area contributed by atoms with Gasteiger partial charge in [-0.1, -0.05) is 0 Å². The van der Waals surface area contributed by atoms with Gasteiger partial charge in [-0.25, -0.2) is 0 Å².